The summed E-state index contributed by atoms with van der Waals surface area (Å²) >= 11 is 0. The first-order valence-electron chi connectivity index (χ1n) is 5.53. The van der Waals surface area contributed by atoms with Gasteiger partial charge in [0.25, 0.3) is 0 Å². The summed E-state index contributed by atoms with van der Waals surface area (Å²) in [5.74, 6) is -0.0318. The van der Waals surface area contributed by atoms with Gasteiger partial charge in [-0.05, 0) is 24.6 Å². The quantitative estimate of drug-likeness (QED) is 0.807. The second kappa shape index (κ2) is 6.26. The van der Waals surface area contributed by atoms with Crippen LogP contribution in [-0.4, -0.2) is 32.4 Å². The fourth-order valence-corrected chi connectivity index (χ4v) is 1.64. The Balaban J connectivity index is 2.99. The highest BCUT2D eigenvalue weighted by Crippen LogP contribution is 2.32. The van der Waals surface area contributed by atoms with Crippen LogP contribution in [0.4, 0.5) is 0 Å². The van der Waals surface area contributed by atoms with Crippen molar-refractivity contribution in [1.29, 1.82) is 0 Å². The molecule has 18 heavy (non-hydrogen) atoms. The monoisotopic (exact) mass is 254 g/mol. The van der Waals surface area contributed by atoms with Crippen LogP contribution < -0.4 is 9.47 Å². The Morgan fingerprint density at radius 1 is 1.17 bits per heavy atom. The summed E-state index contributed by atoms with van der Waals surface area (Å²) < 4.78 is 14.8. The van der Waals surface area contributed by atoms with Crippen LogP contribution in [0, 0.1) is 5.92 Å². The van der Waals surface area contributed by atoms with Crippen molar-refractivity contribution in [2.45, 2.75) is 13.0 Å². The maximum absolute atomic E-state index is 11.4. The van der Waals surface area contributed by atoms with Gasteiger partial charge in [0, 0.05) is 0 Å². The van der Waals surface area contributed by atoms with Crippen LogP contribution >= 0.6 is 0 Å². The summed E-state index contributed by atoms with van der Waals surface area (Å²) in [7, 11) is 4.34. The lowest BCUT2D eigenvalue weighted by Gasteiger charge is -2.18. The summed E-state index contributed by atoms with van der Waals surface area (Å²) in [4.78, 5) is 11.4. The minimum atomic E-state index is -0.947. The third-order valence-electron chi connectivity index (χ3n) is 2.80. The van der Waals surface area contributed by atoms with Crippen LogP contribution in [0.3, 0.4) is 0 Å². The molecule has 0 aliphatic rings. The van der Waals surface area contributed by atoms with E-state index in [9.17, 15) is 9.90 Å². The zero-order valence-corrected chi connectivity index (χ0v) is 11.0. The summed E-state index contributed by atoms with van der Waals surface area (Å²) in [6, 6.07) is 5.01. The van der Waals surface area contributed by atoms with E-state index in [0.717, 1.165) is 0 Å². The van der Waals surface area contributed by atoms with Crippen LogP contribution in [0.1, 0.15) is 18.6 Å². The molecule has 5 heteroatoms. The van der Waals surface area contributed by atoms with E-state index in [1.165, 1.54) is 21.3 Å². The molecule has 2 unspecified atom stereocenters. The third-order valence-corrected chi connectivity index (χ3v) is 2.80. The molecule has 0 amide bonds. The zero-order valence-electron chi connectivity index (χ0n) is 11.0. The molecule has 0 aliphatic heterocycles. The number of hydrogen-bond donors (Lipinski definition) is 1. The molecule has 1 N–H and O–H groups in total. The number of aliphatic hydroxyl groups excluding tert-OH is 1. The number of aliphatic hydroxyl groups is 1. The molecule has 0 aromatic heterocycles. The normalized spacial score (nSPS) is 13.6. The molecule has 2 atom stereocenters. The van der Waals surface area contributed by atoms with Gasteiger partial charge in [0.15, 0.2) is 11.5 Å². The molecule has 1 aromatic carbocycles. The Hall–Kier alpha value is -1.75. The van der Waals surface area contributed by atoms with E-state index in [1.54, 1.807) is 25.1 Å². The average molecular weight is 254 g/mol. The first kappa shape index (κ1) is 14.3. The molecule has 0 fully saturated rings. The molecule has 1 rings (SSSR count). The molecule has 0 bridgehead atoms. The summed E-state index contributed by atoms with van der Waals surface area (Å²) in [6.45, 7) is 1.60. The summed E-state index contributed by atoms with van der Waals surface area (Å²) in [6.07, 6.45) is -0.947. The van der Waals surface area contributed by atoms with Gasteiger partial charge < -0.3 is 19.3 Å². The van der Waals surface area contributed by atoms with E-state index in [1.807, 2.05) is 0 Å². The highest BCUT2D eigenvalue weighted by molar-refractivity contribution is 5.72. The molecule has 0 spiro atoms. The Morgan fingerprint density at radius 2 is 1.78 bits per heavy atom. The predicted molar refractivity (Wildman–Crippen MR) is 65.7 cm³/mol. The van der Waals surface area contributed by atoms with E-state index in [0.29, 0.717) is 17.1 Å². The second-order valence-electron chi connectivity index (χ2n) is 3.87. The number of ether oxygens (including phenoxy) is 3. The van der Waals surface area contributed by atoms with Gasteiger partial charge >= 0.3 is 5.97 Å². The molecule has 0 aliphatic carbocycles. The van der Waals surface area contributed by atoms with Crippen molar-refractivity contribution in [2.24, 2.45) is 5.92 Å². The average Bonchev–Trinajstić information content (AvgIpc) is 2.43. The number of hydrogen-bond acceptors (Lipinski definition) is 5. The molecular weight excluding hydrogens is 236 g/mol. The molecule has 0 heterocycles. The molecule has 0 radical (unpaired) electrons. The Bertz CT molecular complexity index is 416. The Morgan fingerprint density at radius 3 is 2.28 bits per heavy atom. The van der Waals surface area contributed by atoms with Gasteiger partial charge in [-0.2, -0.15) is 0 Å². The second-order valence-corrected chi connectivity index (χ2v) is 3.87. The molecule has 1 aromatic rings. The molecule has 100 valence electrons. The van der Waals surface area contributed by atoms with Crippen molar-refractivity contribution in [3.05, 3.63) is 23.8 Å². The number of carbonyl (C=O) groups excluding carboxylic acids is 1. The van der Waals surface area contributed by atoms with Gasteiger partial charge in [0.1, 0.15) is 0 Å². The maximum Gasteiger partial charge on any atom is 0.311 e. The Labute approximate surface area is 106 Å². The smallest absolute Gasteiger partial charge is 0.311 e. The number of esters is 1. The lowest BCUT2D eigenvalue weighted by Crippen LogP contribution is -2.20. The van der Waals surface area contributed by atoms with E-state index < -0.39 is 18.0 Å². The van der Waals surface area contributed by atoms with Gasteiger partial charge in [-0.1, -0.05) is 6.07 Å². The standard InChI is InChI=1S/C13H18O5/c1-8(13(15)18-4)12(14)9-5-6-10(16-2)11(7-9)17-3/h5-8,12,14H,1-4H3. The van der Waals surface area contributed by atoms with E-state index in [-0.39, 0.29) is 0 Å². The van der Waals surface area contributed by atoms with Gasteiger partial charge in [0.05, 0.1) is 33.4 Å². The van der Waals surface area contributed by atoms with Crippen molar-refractivity contribution >= 4 is 5.97 Å². The molecule has 5 nitrogen and oxygen atoms in total. The first-order chi connectivity index (χ1) is 8.54. The largest absolute Gasteiger partial charge is 0.493 e. The molecule has 0 saturated heterocycles. The minimum Gasteiger partial charge on any atom is -0.493 e. The number of benzene rings is 1. The third kappa shape index (κ3) is 2.92. The number of methoxy groups -OCH3 is 3. The summed E-state index contributed by atoms with van der Waals surface area (Å²) in [5, 5.41) is 10.1. The van der Waals surface area contributed by atoms with Gasteiger partial charge in [-0.25, -0.2) is 0 Å². The van der Waals surface area contributed by atoms with Gasteiger partial charge in [-0.15, -0.1) is 0 Å². The zero-order chi connectivity index (χ0) is 13.7. The maximum atomic E-state index is 11.4. The number of carbonyl (C=O) groups is 1. The van der Waals surface area contributed by atoms with Gasteiger partial charge in [-0.3, -0.25) is 4.79 Å². The van der Waals surface area contributed by atoms with E-state index >= 15 is 0 Å². The first-order valence-corrected chi connectivity index (χ1v) is 5.53. The SMILES string of the molecule is COC(=O)C(C)C(O)c1ccc(OC)c(OC)c1. The van der Waals surface area contributed by atoms with E-state index in [4.69, 9.17) is 9.47 Å². The van der Waals surface area contributed by atoms with E-state index in [2.05, 4.69) is 4.74 Å². The van der Waals surface area contributed by atoms with Crippen molar-refractivity contribution in [1.82, 2.24) is 0 Å². The van der Waals surface area contributed by atoms with Crippen LogP contribution in [-0.2, 0) is 9.53 Å². The molecular formula is C13H18O5. The fourth-order valence-electron chi connectivity index (χ4n) is 1.64. The van der Waals surface area contributed by atoms with Crippen LogP contribution in [0.2, 0.25) is 0 Å². The minimum absolute atomic E-state index is 0.461. The van der Waals surface area contributed by atoms with Gasteiger partial charge in [0.2, 0.25) is 0 Å². The highest BCUT2D eigenvalue weighted by Gasteiger charge is 2.25. The fraction of sp³-hybridized carbons (Fsp3) is 0.462. The Kier molecular flexibility index (Phi) is 4.97. The summed E-state index contributed by atoms with van der Waals surface area (Å²) in [5.41, 5.74) is 0.575. The lowest BCUT2D eigenvalue weighted by molar-refractivity contribution is -0.148. The van der Waals surface area contributed by atoms with Crippen molar-refractivity contribution in [2.75, 3.05) is 21.3 Å². The lowest BCUT2D eigenvalue weighted by atomic mass is 9.97. The molecule has 0 saturated carbocycles. The van der Waals surface area contributed by atoms with Crippen molar-refractivity contribution in [3.8, 4) is 11.5 Å². The predicted octanol–water partition coefficient (Wildman–Crippen LogP) is 1.55. The van der Waals surface area contributed by atoms with Crippen LogP contribution in [0.5, 0.6) is 11.5 Å². The van der Waals surface area contributed by atoms with Crippen molar-refractivity contribution < 1.29 is 24.1 Å². The van der Waals surface area contributed by atoms with Crippen molar-refractivity contribution in [3.63, 3.8) is 0 Å². The van der Waals surface area contributed by atoms with Crippen LogP contribution in [0.25, 0.3) is 0 Å². The topological polar surface area (TPSA) is 65.0 Å². The van der Waals surface area contributed by atoms with Crippen LogP contribution in [0.15, 0.2) is 18.2 Å². The highest BCUT2D eigenvalue weighted by atomic mass is 16.5. The number of rotatable bonds is 5.